The number of nitrogens with one attached hydrogen (secondary N) is 1. The van der Waals surface area contributed by atoms with Gasteiger partial charge < -0.3 is 62.0 Å². The molecule has 35 heteroatoms. The number of nitrogens with zero attached hydrogens (tertiary/aromatic N) is 15. The molecule has 3 fully saturated rings. The van der Waals surface area contributed by atoms with Gasteiger partial charge in [-0.2, -0.15) is 0 Å². The van der Waals surface area contributed by atoms with Gasteiger partial charge in [0, 0.05) is 160 Å². The molecular formula is C76H90Br4N16O15. The van der Waals surface area contributed by atoms with Gasteiger partial charge in [-0.05, 0) is 205 Å². The van der Waals surface area contributed by atoms with Crippen LogP contribution in [0.1, 0.15) is 99.0 Å². The van der Waals surface area contributed by atoms with Crippen molar-refractivity contribution in [1.29, 1.82) is 0 Å². The maximum atomic E-state index is 13.1. The van der Waals surface area contributed by atoms with Crippen LogP contribution in [0.4, 0.5) is 60.4 Å². The highest BCUT2D eigenvalue weighted by Crippen LogP contribution is 2.31. The van der Waals surface area contributed by atoms with Crippen molar-refractivity contribution in [3.63, 3.8) is 0 Å². The first-order valence-electron chi connectivity index (χ1n) is 35.0. The Kier molecular flexibility index (Phi) is 30.2. The fraction of sp³-hybridized carbons (Fsp3) is 0.395. The first-order valence-corrected chi connectivity index (χ1v) is 38.2. The number of carbonyl (C=O) groups is 6. The zero-order chi connectivity index (χ0) is 81.4. The van der Waals surface area contributed by atoms with E-state index in [1.54, 1.807) is 168 Å². The Balaban J connectivity index is 0.000000187. The highest BCUT2D eigenvalue weighted by atomic mass is 79.9. The minimum Gasteiger partial charge on any atom is -0.443 e. The van der Waals surface area contributed by atoms with Crippen LogP contribution in [0.15, 0.2) is 159 Å². The van der Waals surface area contributed by atoms with Crippen molar-refractivity contribution >= 4 is 146 Å². The summed E-state index contributed by atoms with van der Waals surface area (Å²) in [4.78, 5) is 154. The lowest BCUT2D eigenvalue weighted by atomic mass is 10.2. The van der Waals surface area contributed by atoms with E-state index in [0.29, 0.717) is 106 Å². The molecule has 0 unspecified atom stereocenters. The van der Waals surface area contributed by atoms with Crippen LogP contribution in [-0.2, 0) is 58.4 Å². The maximum Gasteiger partial charge on any atom is 0.420 e. The largest absolute Gasteiger partial charge is 0.443 e. The number of hydrogen-bond acceptors (Lipinski definition) is 22. The summed E-state index contributed by atoms with van der Waals surface area (Å²) >= 11 is 13.4. The second kappa shape index (κ2) is 38.5. The van der Waals surface area contributed by atoms with Gasteiger partial charge in [-0.3, -0.25) is 38.5 Å². The Morgan fingerprint density at radius 1 is 0.459 bits per heavy atom. The molecule has 5 amide bonds. The summed E-state index contributed by atoms with van der Waals surface area (Å²) < 4.78 is 35.3. The number of anilines is 8. The van der Waals surface area contributed by atoms with Crippen molar-refractivity contribution in [1.82, 2.24) is 57.8 Å². The quantitative estimate of drug-likeness (QED) is 0.0828. The number of carbonyl (C=O) groups excluding carboxylic acids is 6. The zero-order valence-corrected chi connectivity index (χ0v) is 70.5. The van der Waals surface area contributed by atoms with E-state index in [0.717, 1.165) is 52.6 Å². The molecular weight excluding hydrogens is 1700 g/mol. The van der Waals surface area contributed by atoms with Crippen LogP contribution in [0.2, 0.25) is 0 Å². The molecule has 8 aromatic rings. The predicted molar refractivity (Wildman–Crippen MR) is 434 cm³/mol. The minimum absolute atomic E-state index is 0.0595. The van der Waals surface area contributed by atoms with Gasteiger partial charge in [0.25, 0.3) is 34.1 Å². The Bertz CT molecular complexity index is 4870. The fourth-order valence-corrected chi connectivity index (χ4v) is 13.0. The van der Waals surface area contributed by atoms with Crippen molar-refractivity contribution in [2.45, 2.75) is 85.7 Å². The maximum absolute atomic E-state index is 13.1. The molecule has 0 saturated carbocycles. The van der Waals surface area contributed by atoms with Crippen LogP contribution in [0, 0.1) is 0 Å². The summed E-state index contributed by atoms with van der Waals surface area (Å²) in [7, 11) is 8.60. The SMILES string of the molecule is CN1CCN(Cc2ccc(N(C(=O)OC(C)(C)C)c3cc(Br)cn(C)c3=O)nc2)CC1.Cn1cc(Br)cc(N(C(=O)OC(C)(C)C)c2ccc(C(=O)N3CCOCC3)cn2)c1=O.Cn1cc(Br)cc(N(C(=O)OC(C)(C)C)c2ccc(C=O)cn2)c1=O.Cn1cc(Br)cc(Nc2ccc(C(=O)N3CCOCC3)cn2)c1=O. The van der Waals surface area contributed by atoms with Gasteiger partial charge in [-0.15, -0.1) is 0 Å². The molecule has 3 saturated heterocycles. The lowest BCUT2D eigenvalue weighted by Crippen LogP contribution is -2.43. The molecule has 8 aromatic heterocycles. The Morgan fingerprint density at radius 2 is 0.820 bits per heavy atom. The molecule has 111 heavy (non-hydrogen) atoms. The summed E-state index contributed by atoms with van der Waals surface area (Å²) in [5.41, 5.74) is -0.468. The standard InChI is InChI=1S/C22H30BrN5O3.C21H25BrN4O5.C17H18BrN3O4.C16H17BrN4O3/c1-22(2,3)31-21(30)28(18-12-17(23)15-26(5)20(18)29)19-7-6-16(13-24-19)14-27-10-8-25(4)9-11-27;1-21(2,3)31-20(29)26(16-11-15(22)13-24(4)19(16)28)17-6-5-14(12-23-17)18(27)25-7-9-30-10-8-25;1-17(2,3)25-16(24)21(14-6-5-11(10-22)8-19-14)13-7-12(18)9-20(4)15(13)23;1-20-10-12(17)8-13(16(20)23)19-14-3-2-11(9-18-14)15(22)21-4-6-24-7-5-21/h6-7,12-13,15H,8-11,14H2,1-5H3;5-6,11-13H,7-10H2,1-4H3;5-10H,1-4H3;2-3,8-10H,4-7H2,1H3,(H,18,19). The molecule has 1 N–H and O–H groups in total. The molecule has 0 bridgehead atoms. The van der Waals surface area contributed by atoms with E-state index in [1.807, 2.05) is 6.07 Å². The third kappa shape index (κ3) is 24.9. The monoisotopic (exact) mass is 1780 g/mol. The zero-order valence-electron chi connectivity index (χ0n) is 64.2. The van der Waals surface area contributed by atoms with E-state index in [2.05, 4.69) is 106 Å². The molecule has 0 atom stereocenters. The number of morpholine rings is 2. The molecule has 592 valence electrons. The van der Waals surface area contributed by atoms with Crippen LogP contribution < -0.4 is 42.3 Å². The number of likely N-dealkylation sites (N-methyl/N-ethyl adjacent to an activating group) is 1. The number of aryl methyl sites for hydroxylation is 4. The second-order valence-corrected chi connectivity index (χ2v) is 32.4. The first-order chi connectivity index (χ1) is 52.3. The summed E-state index contributed by atoms with van der Waals surface area (Å²) in [6.07, 6.45) is 11.0. The molecule has 0 spiro atoms. The van der Waals surface area contributed by atoms with Gasteiger partial charge in [-0.1, -0.05) is 6.07 Å². The van der Waals surface area contributed by atoms with Gasteiger partial charge >= 0.3 is 18.3 Å². The number of piperazine rings is 1. The van der Waals surface area contributed by atoms with Crippen molar-refractivity contribution in [3.8, 4) is 0 Å². The molecule has 0 radical (unpaired) electrons. The van der Waals surface area contributed by atoms with Crippen LogP contribution in [-0.4, -0.2) is 197 Å². The Morgan fingerprint density at radius 3 is 1.16 bits per heavy atom. The van der Waals surface area contributed by atoms with Crippen molar-refractivity contribution in [2.75, 3.05) is 106 Å². The van der Waals surface area contributed by atoms with Crippen molar-refractivity contribution in [3.05, 3.63) is 204 Å². The first kappa shape index (κ1) is 87.0. The Labute approximate surface area is 675 Å². The lowest BCUT2D eigenvalue weighted by Gasteiger charge is -2.32. The number of pyridine rings is 8. The highest BCUT2D eigenvalue weighted by molar-refractivity contribution is 9.11. The molecule has 31 nitrogen and oxygen atoms in total. The third-order valence-electron chi connectivity index (χ3n) is 16.3. The molecule has 3 aliphatic heterocycles. The van der Waals surface area contributed by atoms with Gasteiger partial charge in [0.2, 0.25) is 0 Å². The van der Waals surface area contributed by atoms with Gasteiger partial charge in [0.1, 0.15) is 62.8 Å². The average Bonchev–Trinajstić information content (AvgIpc) is 0.799. The number of ether oxygens (including phenoxy) is 5. The van der Waals surface area contributed by atoms with E-state index in [4.69, 9.17) is 23.7 Å². The number of hydrogen-bond donors (Lipinski definition) is 1. The topological polar surface area (TPSA) is 323 Å². The van der Waals surface area contributed by atoms with Gasteiger partial charge in [0.05, 0.1) is 37.6 Å². The van der Waals surface area contributed by atoms with Crippen LogP contribution in [0.3, 0.4) is 0 Å². The van der Waals surface area contributed by atoms with Crippen LogP contribution in [0.5, 0.6) is 0 Å². The second-order valence-electron chi connectivity index (χ2n) is 28.8. The van der Waals surface area contributed by atoms with E-state index < -0.39 is 46.2 Å². The van der Waals surface area contributed by atoms with E-state index in [-0.39, 0.29) is 51.6 Å². The number of rotatable bonds is 13. The van der Waals surface area contributed by atoms with Crippen LogP contribution >= 0.6 is 63.7 Å². The molecule has 3 aliphatic rings. The number of amides is 5. The number of aldehydes is 1. The summed E-state index contributed by atoms with van der Waals surface area (Å²) in [5.74, 6) is 0.966. The van der Waals surface area contributed by atoms with Crippen molar-refractivity contribution in [2.24, 2.45) is 28.2 Å². The normalized spacial score (nSPS) is 14.0. The molecule has 0 aliphatic carbocycles. The van der Waals surface area contributed by atoms with E-state index in [1.165, 1.54) is 72.1 Å². The number of halogens is 4. The van der Waals surface area contributed by atoms with E-state index >= 15 is 0 Å². The fourth-order valence-electron chi connectivity index (χ4n) is 10.9. The van der Waals surface area contributed by atoms with Gasteiger partial charge in [-0.25, -0.2) is 49.0 Å². The average molecular weight is 1790 g/mol. The minimum atomic E-state index is -0.779. The number of aromatic nitrogens is 8. The predicted octanol–water partition coefficient (Wildman–Crippen LogP) is 11.6. The van der Waals surface area contributed by atoms with Crippen molar-refractivity contribution < 1.29 is 52.5 Å². The molecule has 11 rings (SSSR count). The third-order valence-corrected chi connectivity index (χ3v) is 18.0. The van der Waals surface area contributed by atoms with E-state index in [9.17, 15) is 47.9 Å². The highest BCUT2D eigenvalue weighted by Gasteiger charge is 2.33. The smallest absolute Gasteiger partial charge is 0.420 e. The Hall–Kier alpha value is -9.62. The summed E-state index contributed by atoms with van der Waals surface area (Å²) in [6.45, 7) is 25.0. The summed E-state index contributed by atoms with van der Waals surface area (Å²) in [6, 6.07) is 19.5. The lowest BCUT2D eigenvalue weighted by molar-refractivity contribution is 0.0301. The van der Waals surface area contributed by atoms with Gasteiger partial charge in [0.15, 0.2) is 6.29 Å². The molecule has 11 heterocycles. The summed E-state index contributed by atoms with van der Waals surface area (Å²) in [5, 5.41) is 2.98. The van der Waals surface area contributed by atoms with Crippen LogP contribution in [0.25, 0.3) is 0 Å². The molecule has 0 aromatic carbocycles.